The van der Waals surface area contributed by atoms with Crippen molar-refractivity contribution >= 4 is 23.3 Å². The Morgan fingerprint density at radius 1 is 1.00 bits per heavy atom. The van der Waals surface area contributed by atoms with E-state index in [1.54, 1.807) is 0 Å². The fourth-order valence-electron chi connectivity index (χ4n) is 4.98. The summed E-state index contributed by atoms with van der Waals surface area (Å²) in [5.74, 6) is -8.20. The molecule has 2 aliphatic heterocycles. The van der Waals surface area contributed by atoms with Gasteiger partial charge in [0.25, 0.3) is 5.69 Å². The van der Waals surface area contributed by atoms with E-state index in [9.17, 15) is 46.0 Å². The summed E-state index contributed by atoms with van der Waals surface area (Å²) in [5, 5.41) is 11.4. The number of benzene rings is 2. The van der Waals surface area contributed by atoms with Gasteiger partial charge in [0.15, 0.2) is 5.70 Å². The number of fused-ring (bicyclic) bond motifs is 1. The lowest BCUT2D eigenvalue weighted by Gasteiger charge is -2.34. The van der Waals surface area contributed by atoms with Crippen LogP contribution < -0.4 is 0 Å². The van der Waals surface area contributed by atoms with Gasteiger partial charge >= 0.3 is 24.3 Å². The number of hydrogen-bond acceptors (Lipinski definition) is 8. The standard InChI is InChI=1S/C27H23F6N3O6/c1-2-41-24(37)20-19(15-8-5-9-18(12-15)36(39)40)21(23(27(31,32)33)34-22(20)26(28,29)30)25(38)42-11-10-35-13-16-6-3-4-7-17(16)14-35/h3-9,12,19-20H,2,10-11,13-14H2,1H3. The molecular formula is C27H23F6N3O6. The maximum Gasteiger partial charge on any atom is 0.433 e. The molecule has 2 unspecified atom stereocenters. The number of nitro benzene ring substituents is 1. The van der Waals surface area contributed by atoms with Crippen LogP contribution in [0.3, 0.4) is 0 Å². The fourth-order valence-corrected chi connectivity index (χ4v) is 4.98. The molecular weight excluding hydrogens is 576 g/mol. The van der Waals surface area contributed by atoms with E-state index < -0.39 is 82.5 Å². The fraction of sp³-hybridized carbons (Fsp3) is 0.370. The van der Waals surface area contributed by atoms with Crippen molar-refractivity contribution in [3.05, 3.63) is 86.6 Å². The SMILES string of the molecule is CCOC(=O)C1C(C(F)(F)F)=NC(C(F)(F)F)=C(C(=O)OCCN2Cc3ccccc3C2)C1c1cccc([N+](=O)[O-])c1. The number of alkyl halides is 6. The molecule has 2 aromatic rings. The van der Waals surface area contributed by atoms with E-state index >= 15 is 0 Å². The quantitative estimate of drug-likeness (QED) is 0.176. The minimum absolute atomic E-state index is 0.0783. The number of rotatable bonds is 8. The van der Waals surface area contributed by atoms with Crippen molar-refractivity contribution in [2.45, 2.75) is 38.3 Å². The van der Waals surface area contributed by atoms with Gasteiger partial charge in [-0.3, -0.25) is 19.8 Å². The highest BCUT2D eigenvalue weighted by molar-refractivity contribution is 6.10. The predicted octanol–water partition coefficient (Wildman–Crippen LogP) is 5.25. The highest BCUT2D eigenvalue weighted by Gasteiger charge is 2.56. The van der Waals surface area contributed by atoms with Gasteiger partial charge in [-0.1, -0.05) is 36.4 Å². The molecule has 42 heavy (non-hydrogen) atoms. The number of halogens is 6. The maximum absolute atomic E-state index is 14.2. The average Bonchev–Trinajstić information content (AvgIpc) is 3.33. The van der Waals surface area contributed by atoms with Crippen molar-refractivity contribution in [3.8, 4) is 0 Å². The van der Waals surface area contributed by atoms with E-state index in [-0.39, 0.29) is 6.54 Å². The highest BCUT2D eigenvalue weighted by atomic mass is 19.4. The van der Waals surface area contributed by atoms with Gasteiger partial charge in [0, 0.05) is 37.7 Å². The molecule has 0 spiro atoms. The van der Waals surface area contributed by atoms with E-state index in [0.29, 0.717) is 19.2 Å². The Balaban J connectivity index is 1.78. The van der Waals surface area contributed by atoms with Crippen LogP contribution in [0.1, 0.15) is 29.5 Å². The van der Waals surface area contributed by atoms with E-state index in [1.807, 2.05) is 29.2 Å². The third kappa shape index (κ3) is 6.45. The number of ether oxygens (including phenoxy) is 2. The predicted molar refractivity (Wildman–Crippen MR) is 134 cm³/mol. The molecule has 0 saturated heterocycles. The van der Waals surface area contributed by atoms with Gasteiger partial charge in [-0.15, -0.1) is 0 Å². The molecule has 0 aliphatic carbocycles. The molecule has 0 radical (unpaired) electrons. The largest absolute Gasteiger partial charge is 0.465 e. The molecule has 0 bridgehead atoms. The van der Waals surface area contributed by atoms with Gasteiger partial charge in [0.1, 0.15) is 18.2 Å². The van der Waals surface area contributed by atoms with Crippen LogP contribution >= 0.6 is 0 Å². The van der Waals surface area contributed by atoms with Gasteiger partial charge < -0.3 is 9.47 Å². The van der Waals surface area contributed by atoms with Gasteiger partial charge in [-0.25, -0.2) is 9.79 Å². The molecule has 9 nitrogen and oxygen atoms in total. The minimum Gasteiger partial charge on any atom is -0.465 e. The molecule has 15 heteroatoms. The molecule has 0 saturated carbocycles. The molecule has 224 valence electrons. The zero-order valence-electron chi connectivity index (χ0n) is 21.9. The monoisotopic (exact) mass is 599 g/mol. The summed E-state index contributed by atoms with van der Waals surface area (Å²) in [6.45, 7) is 1.40. The Morgan fingerprint density at radius 2 is 1.64 bits per heavy atom. The second-order valence-electron chi connectivity index (χ2n) is 9.43. The Bertz CT molecular complexity index is 1430. The number of hydrogen-bond donors (Lipinski definition) is 0. The molecule has 2 heterocycles. The van der Waals surface area contributed by atoms with Crippen molar-refractivity contribution in [1.29, 1.82) is 0 Å². The summed E-state index contributed by atoms with van der Waals surface area (Å²) in [6, 6.07) is 11.1. The van der Waals surface area contributed by atoms with Crippen LogP contribution in [-0.4, -0.2) is 59.6 Å². The van der Waals surface area contributed by atoms with Gasteiger partial charge in [-0.2, -0.15) is 26.3 Å². The van der Waals surface area contributed by atoms with Crippen LogP contribution in [-0.2, 0) is 32.2 Å². The molecule has 0 amide bonds. The Morgan fingerprint density at radius 3 is 2.19 bits per heavy atom. The van der Waals surface area contributed by atoms with E-state index in [0.717, 1.165) is 29.3 Å². The molecule has 0 aromatic heterocycles. The molecule has 2 aromatic carbocycles. The number of carbonyl (C=O) groups excluding carboxylic acids is 2. The van der Waals surface area contributed by atoms with E-state index in [1.165, 1.54) is 6.92 Å². The summed E-state index contributed by atoms with van der Waals surface area (Å²) in [7, 11) is 0. The van der Waals surface area contributed by atoms with Crippen molar-refractivity contribution in [2.24, 2.45) is 10.9 Å². The number of esters is 2. The average molecular weight is 599 g/mol. The van der Waals surface area contributed by atoms with Gasteiger partial charge in [0.05, 0.1) is 17.1 Å². The number of non-ortho nitro benzene ring substituents is 1. The second kappa shape index (κ2) is 11.9. The summed E-state index contributed by atoms with van der Waals surface area (Å²) in [6.07, 6.45) is -11.2. The normalized spacial score (nSPS) is 19.3. The lowest BCUT2D eigenvalue weighted by molar-refractivity contribution is -0.384. The van der Waals surface area contributed by atoms with E-state index in [4.69, 9.17) is 9.47 Å². The zero-order chi connectivity index (χ0) is 30.8. The smallest absolute Gasteiger partial charge is 0.433 e. The van der Waals surface area contributed by atoms with Crippen molar-refractivity contribution < 1.29 is 50.3 Å². The number of carbonyl (C=O) groups is 2. The molecule has 0 N–H and O–H groups in total. The first-order valence-corrected chi connectivity index (χ1v) is 12.6. The number of nitrogens with zero attached hydrogens (tertiary/aromatic N) is 3. The second-order valence-corrected chi connectivity index (χ2v) is 9.43. The molecule has 0 fully saturated rings. The maximum atomic E-state index is 14.2. The van der Waals surface area contributed by atoms with Crippen molar-refractivity contribution in [3.63, 3.8) is 0 Å². The first-order chi connectivity index (χ1) is 19.7. The third-order valence-electron chi connectivity index (χ3n) is 6.73. The van der Waals surface area contributed by atoms with Gasteiger partial charge in [0.2, 0.25) is 0 Å². The summed E-state index contributed by atoms with van der Waals surface area (Å²) in [5.41, 5.74) is -4.98. The molecule has 4 rings (SSSR count). The van der Waals surface area contributed by atoms with Crippen LogP contribution in [0.5, 0.6) is 0 Å². The first-order valence-electron chi connectivity index (χ1n) is 12.6. The summed E-state index contributed by atoms with van der Waals surface area (Å²) in [4.78, 5) is 41.2. The molecule has 2 aliphatic rings. The zero-order valence-corrected chi connectivity index (χ0v) is 21.9. The minimum atomic E-state index is -5.60. The highest BCUT2D eigenvalue weighted by Crippen LogP contribution is 2.47. The van der Waals surface area contributed by atoms with Crippen LogP contribution in [0.2, 0.25) is 0 Å². The van der Waals surface area contributed by atoms with Crippen molar-refractivity contribution in [2.75, 3.05) is 19.8 Å². The Hall–Kier alpha value is -4.27. The van der Waals surface area contributed by atoms with Crippen LogP contribution in [0.25, 0.3) is 0 Å². The topological polar surface area (TPSA) is 111 Å². The number of aliphatic imine (C=N–C) groups is 1. The number of allylic oxidation sites excluding steroid dienone is 1. The van der Waals surface area contributed by atoms with Crippen molar-refractivity contribution in [1.82, 2.24) is 4.90 Å². The number of nitro groups is 1. The molecule has 2 atom stereocenters. The van der Waals surface area contributed by atoms with E-state index in [2.05, 4.69) is 4.99 Å². The van der Waals surface area contributed by atoms with Crippen LogP contribution in [0, 0.1) is 16.0 Å². The lowest BCUT2D eigenvalue weighted by atomic mass is 9.74. The lowest BCUT2D eigenvalue weighted by Crippen LogP contribution is -2.45. The Kier molecular flexibility index (Phi) is 8.71. The van der Waals surface area contributed by atoms with Crippen LogP contribution in [0.4, 0.5) is 32.0 Å². The first kappa shape index (κ1) is 30.7. The summed E-state index contributed by atoms with van der Waals surface area (Å²) < 4.78 is 94.9. The van der Waals surface area contributed by atoms with Gasteiger partial charge in [-0.05, 0) is 23.6 Å². The third-order valence-corrected chi connectivity index (χ3v) is 6.73. The Labute approximate surface area is 234 Å². The van der Waals surface area contributed by atoms with Crippen LogP contribution in [0.15, 0.2) is 64.8 Å². The summed E-state index contributed by atoms with van der Waals surface area (Å²) >= 11 is 0.